The maximum Gasteiger partial charge on any atom is 0.184 e. The number of nitrogens with two attached hydrogens (primary N) is 1. The molecule has 0 spiro atoms. The van der Waals surface area contributed by atoms with Gasteiger partial charge in [-0.3, -0.25) is 5.43 Å². The second-order valence-electron chi connectivity index (χ2n) is 3.46. The fourth-order valence-corrected chi connectivity index (χ4v) is 1.45. The van der Waals surface area contributed by atoms with E-state index < -0.39 is 0 Å². The highest BCUT2D eigenvalue weighted by Gasteiger charge is 2.08. The minimum Gasteiger partial charge on any atom is -0.504 e. The number of nitrogens with one attached hydrogen (secondary N) is 1. The van der Waals surface area contributed by atoms with Gasteiger partial charge in [-0.05, 0) is 36.3 Å². The van der Waals surface area contributed by atoms with E-state index >= 15 is 0 Å². The molecule has 0 saturated carbocycles. The summed E-state index contributed by atoms with van der Waals surface area (Å²) in [4.78, 5) is 0. The molecule has 4 N–H and O–H groups in total. The van der Waals surface area contributed by atoms with Crippen molar-refractivity contribution in [3.63, 3.8) is 0 Å². The predicted molar refractivity (Wildman–Crippen MR) is 76.1 cm³/mol. The number of thiocarbonyl (C=S) groups is 1. The van der Waals surface area contributed by atoms with E-state index in [-0.39, 0.29) is 10.9 Å². The van der Waals surface area contributed by atoms with Crippen LogP contribution in [0.5, 0.6) is 11.5 Å². The van der Waals surface area contributed by atoms with E-state index in [2.05, 4.69) is 29.3 Å². The number of aromatic hydroxyl groups is 1. The molecule has 0 fully saturated rings. The number of benzene rings is 1. The summed E-state index contributed by atoms with van der Waals surface area (Å²) in [6, 6.07) is 3.44. The van der Waals surface area contributed by atoms with Crippen molar-refractivity contribution in [3.05, 3.63) is 35.9 Å². The van der Waals surface area contributed by atoms with Gasteiger partial charge in [0.2, 0.25) is 0 Å². The van der Waals surface area contributed by atoms with E-state index in [1.165, 1.54) is 13.3 Å². The molecule has 0 bridgehead atoms. The Balaban J connectivity index is 3.05. The molecular weight excluding hydrogens is 250 g/mol. The van der Waals surface area contributed by atoms with Crippen molar-refractivity contribution < 1.29 is 9.84 Å². The molecular formula is C12H15N3O2S. The number of hydrazone groups is 1. The smallest absolute Gasteiger partial charge is 0.184 e. The topological polar surface area (TPSA) is 79.9 Å². The number of allylic oxidation sites excluding steroid dienone is 1. The molecule has 0 aliphatic carbocycles. The van der Waals surface area contributed by atoms with Gasteiger partial charge >= 0.3 is 0 Å². The summed E-state index contributed by atoms with van der Waals surface area (Å²) in [5.41, 5.74) is 9.16. The molecule has 0 radical (unpaired) electrons. The Morgan fingerprint density at radius 3 is 2.94 bits per heavy atom. The lowest BCUT2D eigenvalue weighted by Gasteiger charge is -2.09. The van der Waals surface area contributed by atoms with Crippen LogP contribution in [-0.2, 0) is 6.42 Å². The summed E-state index contributed by atoms with van der Waals surface area (Å²) in [6.07, 6.45) is 3.77. The van der Waals surface area contributed by atoms with Crippen molar-refractivity contribution in [2.24, 2.45) is 10.8 Å². The minimum atomic E-state index is 0.0864. The molecule has 0 atom stereocenters. The molecule has 6 heteroatoms. The number of ether oxygens (including phenoxy) is 1. The first-order valence-corrected chi connectivity index (χ1v) is 5.58. The van der Waals surface area contributed by atoms with Crippen LogP contribution in [0.1, 0.15) is 11.1 Å². The molecule has 5 nitrogen and oxygen atoms in total. The molecule has 96 valence electrons. The predicted octanol–water partition coefficient (Wildman–Crippen LogP) is 1.30. The van der Waals surface area contributed by atoms with Gasteiger partial charge in [0, 0.05) is 5.56 Å². The molecule has 0 heterocycles. The summed E-state index contributed by atoms with van der Waals surface area (Å²) in [5, 5.41) is 13.8. The van der Waals surface area contributed by atoms with Crippen LogP contribution in [0.25, 0.3) is 0 Å². The van der Waals surface area contributed by atoms with Crippen molar-refractivity contribution in [2.45, 2.75) is 6.42 Å². The number of hydrogen-bond donors (Lipinski definition) is 3. The van der Waals surface area contributed by atoms with Crippen molar-refractivity contribution in [1.82, 2.24) is 5.43 Å². The van der Waals surface area contributed by atoms with Crippen LogP contribution in [0.2, 0.25) is 0 Å². The fourth-order valence-electron chi connectivity index (χ4n) is 1.40. The molecule has 1 aromatic rings. The minimum absolute atomic E-state index is 0.0864. The SMILES string of the molecule is C=CCc1cc(C=NNC(N)=S)cc(OC)c1O. The number of phenolic OH excluding ortho intramolecular Hbond substituents is 1. The van der Waals surface area contributed by atoms with Crippen LogP contribution in [0.4, 0.5) is 0 Å². The molecule has 1 rings (SSSR count). The van der Waals surface area contributed by atoms with Crippen molar-refractivity contribution in [2.75, 3.05) is 7.11 Å². The van der Waals surface area contributed by atoms with E-state index in [0.29, 0.717) is 17.7 Å². The zero-order valence-electron chi connectivity index (χ0n) is 10.0. The standard InChI is InChI=1S/C12H15N3O2S/c1-3-4-9-5-8(7-14-15-12(13)18)6-10(17-2)11(9)16/h3,5-7,16H,1,4H2,2H3,(H3,13,15,18). The van der Waals surface area contributed by atoms with Crippen LogP contribution in [-0.4, -0.2) is 23.5 Å². The summed E-state index contributed by atoms with van der Waals surface area (Å²) in [7, 11) is 1.49. The molecule has 18 heavy (non-hydrogen) atoms. The number of nitrogens with zero attached hydrogens (tertiary/aromatic N) is 1. The van der Waals surface area contributed by atoms with Crippen molar-refractivity contribution in [3.8, 4) is 11.5 Å². The maximum absolute atomic E-state index is 9.88. The largest absolute Gasteiger partial charge is 0.504 e. The molecule has 0 aromatic heterocycles. The van der Waals surface area contributed by atoms with Crippen LogP contribution in [0.3, 0.4) is 0 Å². The van der Waals surface area contributed by atoms with Gasteiger partial charge in [-0.25, -0.2) is 0 Å². The lowest BCUT2D eigenvalue weighted by atomic mass is 10.1. The molecule has 0 aliphatic rings. The molecule has 0 aliphatic heterocycles. The third-order valence-corrected chi connectivity index (χ3v) is 2.24. The first kappa shape index (κ1) is 14.0. The monoisotopic (exact) mass is 265 g/mol. The van der Waals surface area contributed by atoms with Crippen LogP contribution < -0.4 is 15.9 Å². The third kappa shape index (κ3) is 3.74. The fraction of sp³-hybridized carbons (Fsp3) is 0.167. The van der Waals surface area contributed by atoms with Gasteiger partial charge in [0.15, 0.2) is 16.6 Å². The molecule has 0 saturated heterocycles. The highest BCUT2D eigenvalue weighted by atomic mass is 32.1. The summed E-state index contributed by atoms with van der Waals surface area (Å²) >= 11 is 4.62. The van der Waals surface area contributed by atoms with E-state index in [1.807, 2.05) is 0 Å². The zero-order chi connectivity index (χ0) is 13.5. The highest BCUT2D eigenvalue weighted by molar-refractivity contribution is 7.80. The Morgan fingerprint density at radius 2 is 2.39 bits per heavy atom. The van der Waals surface area contributed by atoms with Gasteiger partial charge in [-0.2, -0.15) is 5.10 Å². The third-order valence-electron chi connectivity index (χ3n) is 2.15. The Hall–Kier alpha value is -2.08. The lowest BCUT2D eigenvalue weighted by molar-refractivity contribution is 0.371. The second-order valence-corrected chi connectivity index (χ2v) is 3.90. The number of rotatable bonds is 5. The van der Waals surface area contributed by atoms with Crippen molar-refractivity contribution in [1.29, 1.82) is 0 Å². The summed E-state index contributed by atoms with van der Waals surface area (Å²) < 4.78 is 5.08. The average molecular weight is 265 g/mol. The normalized spacial score (nSPS) is 10.3. The lowest BCUT2D eigenvalue weighted by Crippen LogP contribution is -2.24. The van der Waals surface area contributed by atoms with Gasteiger partial charge in [0.25, 0.3) is 0 Å². The highest BCUT2D eigenvalue weighted by Crippen LogP contribution is 2.31. The van der Waals surface area contributed by atoms with Gasteiger partial charge in [-0.15, -0.1) is 6.58 Å². The number of methoxy groups -OCH3 is 1. The second kappa shape index (κ2) is 6.61. The van der Waals surface area contributed by atoms with Gasteiger partial charge in [0.05, 0.1) is 13.3 Å². The van der Waals surface area contributed by atoms with Gasteiger partial charge < -0.3 is 15.6 Å². The average Bonchev–Trinajstić information content (AvgIpc) is 2.32. The van der Waals surface area contributed by atoms with Crippen molar-refractivity contribution >= 4 is 23.5 Å². The maximum atomic E-state index is 9.88. The van der Waals surface area contributed by atoms with E-state index in [9.17, 15) is 5.11 Å². The Morgan fingerprint density at radius 1 is 1.67 bits per heavy atom. The van der Waals surface area contributed by atoms with E-state index in [0.717, 1.165) is 5.56 Å². The Labute approximate surface area is 111 Å². The first-order chi connectivity index (χ1) is 8.58. The van der Waals surface area contributed by atoms with E-state index in [1.54, 1.807) is 18.2 Å². The Kier molecular flexibility index (Phi) is 5.13. The first-order valence-electron chi connectivity index (χ1n) is 5.17. The molecule has 1 aromatic carbocycles. The van der Waals surface area contributed by atoms with Crippen LogP contribution >= 0.6 is 12.2 Å². The summed E-state index contributed by atoms with van der Waals surface area (Å²) in [5.74, 6) is 0.489. The molecule has 0 unspecified atom stereocenters. The van der Waals surface area contributed by atoms with Gasteiger partial charge in [0.1, 0.15) is 0 Å². The van der Waals surface area contributed by atoms with Crippen LogP contribution in [0, 0.1) is 0 Å². The molecule has 0 amide bonds. The Bertz CT molecular complexity index is 486. The quantitative estimate of drug-likeness (QED) is 0.323. The number of phenols is 1. The van der Waals surface area contributed by atoms with Gasteiger partial charge in [-0.1, -0.05) is 6.08 Å². The van der Waals surface area contributed by atoms with Crippen LogP contribution in [0.15, 0.2) is 29.9 Å². The zero-order valence-corrected chi connectivity index (χ0v) is 10.8. The van der Waals surface area contributed by atoms with E-state index in [4.69, 9.17) is 10.5 Å². The summed E-state index contributed by atoms with van der Waals surface area (Å²) in [6.45, 7) is 3.64. The number of hydrogen-bond acceptors (Lipinski definition) is 4.